The normalized spacial score (nSPS) is 18.3. The van der Waals surface area contributed by atoms with Crippen LogP contribution in [0.5, 0.6) is 5.75 Å². The van der Waals surface area contributed by atoms with Crippen LogP contribution in [0.1, 0.15) is 17.5 Å². The summed E-state index contributed by atoms with van der Waals surface area (Å²) in [6, 6.07) is 21.4. The lowest BCUT2D eigenvalue weighted by Gasteiger charge is -2.49. The molecule has 0 saturated carbocycles. The van der Waals surface area contributed by atoms with E-state index in [9.17, 15) is 14.5 Å². The lowest BCUT2D eigenvalue weighted by molar-refractivity contribution is -0.129. The Morgan fingerprint density at radius 1 is 0.833 bits per heavy atom. The molecule has 0 radical (unpaired) electrons. The minimum absolute atomic E-state index is 0.151. The number of carbonyl (C=O) groups is 2. The van der Waals surface area contributed by atoms with E-state index in [-0.39, 0.29) is 18.5 Å². The summed E-state index contributed by atoms with van der Waals surface area (Å²) in [5.74, 6) is 0.586. The van der Waals surface area contributed by atoms with Gasteiger partial charge in [-0.2, -0.15) is 0 Å². The molecule has 218 valence electrons. The van der Waals surface area contributed by atoms with E-state index in [0.29, 0.717) is 24.7 Å². The summed E-state index contributed by atoms with van der Waals surface area (Å²) < 4.78 is 5.22. The van der Waals surface area contributed by atoms with Crippen LogP contribution in [0.2, 0.25) is 0 Å². The van der Waals surface area contributed by atoms with Crippen molar-refractivity contribution < 1.29 is 14.3 Å². The first-order valence-electron chi connectivity index (χ1n) is 14.5. The van der Waals surface area contributed by atoms with Gasteiger partial charge in [-0.3, -0.25) is 19.5 Å². The van der Waals surface area contributed by atoms with Crippen LogP contribution in [0.15, 0.2) is 71.9 Å². The van der Waals surface area contributed by atoms with E-state index >= 15 is 0 Å². The maximum absolute atomic E-state index is 13.4. The molecule has 42 heavy (non-hydrogen) atoms. The van der Waals surface area contributed by atoms with Crippen molar-refractivity contribution in [3.05, 3.63) is 82.8 Å². The van der Waals surface area contributed by atoms with Gasteiger partial charge in [0.1, 0.15) is 11.4 Å². The Morgan fingerprint density at radius 2 is 1.52 bits per heavy atom. The summed E-state index contributed by atoms with van der Waals surface area (Å²) >= 11 is 0. The van der Waals surface area contributed by atoms with Gasteiger partial charge in [-0.05, 0) is 77.8 Å². The Kier molecular flexibility index (Phi) is 7.80. The van der Waals surface area contributed by atoms with Crippen molar-refractivity contribution in [2.75, 3.05) is 67.6 Å². The highest BCUT2D eigenvalue weighted by molar-refractivity contribution is 6.06. The van der Waals surface area contributed by atoms with Gasteiger partial charge in [0.2, 0.25) is 5.91 Å². The molecule has 10 heteroatoms. The summed E-state index contributed by atoms with van der Waals surface area (Å²) in [6.07, 6.45) is 0.297. The Hall–Kier alpha value is -4.44. The van der Waals surface area contributed by atoms with Crippen LogP contribution in [0.25, 0.3) is 0 Å². The summed E-state index contributed by atoms with van der Waals surface area (Å²) in [4.78, 5) is 47.2. The van der Waals surface area contributed by atoms with Crippen LogP contribution in [0.3, 0.4) is 0 Å². The van der Waals surface area contributed by atoms with E-state index in [1.807, 2.05) is 49.4 Å². The second kappa shape index (κ2) is 11.8. The number of nitrogens with zero attached hydrogens (tertiary/aromatic N) is 6. The average Bonchev–Trinajstić information content (AvgIpc) is 3.00. The van der Waals surface area contributed by atoms with Crippen molar-refractivity contribution in [3.63, 3.8) is 0 Å². The Bertz CT molecular complexity index is 1450. The summed E-state index contributed by atoms with van der Waals surface area (Å²) in [7, 11) is 1.61. The van der Waals surface area contributed by atoms with E-state index in [0.717, 1.165) is 73.2 Å². The number of benzene rings is 3. The zero-order valence-corrected chi connectivity index (χ0v) is 24.1. The highest BCUT2D eigenvalue weighted by Gasteiger charge is 2.35. The van der Waals surface area contributed by atoms with Crippen LogP contribution in [-0.4, -0.2) is 80.7 Å². The third-order valence-electron chi connectivity index (χ3n) is 8.66. The van der Waals surface area contributed by atoms with Gasteiger partial charge < -0.3 is 14.5 Å². The van der Waals surface area contributed by atoms with Crippen LogP contribution < -0.4 is 19.4 Å². The maximum atomic E-state index is 13.4. The van der Waals surface area contributed by atoms with Gasteiger partial charge in [-0.1, -0.05) is 12.1 Å². The molecule has 0 spiro atoms. The number of carbonyl (C=O) groups excluding carboxylic acids is 2. The Morgan fingerprint density at radius 3 is 2.17 bits per heavy atom. The molecule has 3 heterocycles. The molecule has 3 saturated heterocycles. The second-order valence-electron chi connectivity index (χ2n) is 11.2. The molecular weight excluding hydrogens is 532 g/mol. The number of nitroso groups, excluding NO2 is 1. The molecule has 0 atom stereocenters. The molecule has 6 rings (SSSR count). The molecule has 10 nitrogen and oxygen atoms in total. The fourth-order valence-electron chi connectivity index (χ4n) is 6.09. The molecule has 3 aromatic carbocycles. The van der Waals surface area contributed by atoms with E-state index < -0.39 is 0 Å². The predicted octanol–water partition coefficient (Wildman–Crippen LogP) is 4.77. The third kappa shape index (κ3) is 5.54. The number of hydrogen-bond acceptors (Lipinski definition) is 8. The van der Waals surface area contributed by atoms with Crippen molar-refractivity contribution in [1.29, 1.82) is 0 Å². The maximum Gasteiger partial charge on any atom is 0.331 e. The van der Waals surface area contributed by atoms with Crippen molar-refractivity contribution >= 4 is 34.7 Å². The number of rotatable bonds is 8. The molecular formula is C32H36N6O4. The molecule has 0 N–H and O–H groups in total. The molecule has 3 aromatic rings. The van der Waals surface area contributed by atoms with Crippen LogP contribution in [0.4, 0.5) is 27.5 Å². The zero-order valence-electron chi connectivity index (χ0n) is 24.1. The molecule has 3 aliphatic rings. The number of ether oxygens (including phenoxy) is 1. The highest BCUT2D eigenvalue weighted by Crippen LogP contribution is 2.31. The number of piperazine rings is 1. The van der Waals surface area contributed by atoms with E-state index in [1.54, 1.807) is 24.1 Å². The smallest absolute Gasteiger partial charge is 0.331 e. The predicted molar refractivity (Wildman–Crippen MR) is 164 cm³/mol. The number of imide groups is 1. The molecule has 3 aliphatic heterocycles. The first-order chi connectivity index (χ1) is 20.4. The molecule has 0 bridgehead atoms. The number of anilines is 3. The number of aryl methyl sites for hydroxylation is 1. The Balaban J connectivity index is 1.04. The number of amides is 3. The van der Waals surface area contributed by atoms with Gasteiger partial charge in [-0.25, -0.2) is 4.79 Å². The third-order valence-corrected chi connectivity index (χ3v) is 8.66. The zero-order chi connectivity index (χ0) is 29.2. The van der Waals surface area contributed by atoms with Gasteiger partial charge in [0, 0.05) is 75.3 Å². The Labute approximate surface area is 246 Å². The van der Waals surface area contributed by atoms with E-state index in [4.69, 9.17) is 4.74 Å². The SMILES string of the molecule is COc1ccc(CN2C(=O)CCN(c3ccc(N4CCN(C5CN(c6ccc(N=O)cc6)C5)CC4)cc3C)C2=O)cc1. The first-order valence-corrected chi connectivity index (χ1v) is 14.5. The highest BCUT2D eigenvalue weighted by atomic mass is 16.5. The average molecular weight is 569 g/mol. The monoisotopic (exact) mass is 568 g/mol. The quantitative estimate of drug-likeness (QED) is 0.362. The largest absolute Gasteiger partial charge is 0.497 e. The summed E-state index contributed by atoms with van der Waals surface area (Å²) in [5, 5.41) is 2.98. The molecule has 0 aromatic heterocycles. The van der Waals surface area contributed by atoms with Gasteiger partial charge in [0.15, 0.2) is 0 Å². The van der Waals surface area contributed by atoms with Gasteiger partial charge in [-0.15, -0.1) is 4.91 Å². The van der Waals surface area contributed by atoms with Crippen LogP contribution in [0, 0.1) is 11.8 Å². The fourth-order valence-corrected chi connectivity index (χ4v) is 6.09. The minimum atomic E-state index is -0.280. The van der Waals surface area contributed by atoms with Crippen molar-refractivity contribution in [2.45, 2.75) is 25.9 Å². The summed E-state index contributed by atoms with van der Waals surface area (Å²) in [5.41, 5.74) is 5.50. The standard InChI is InChI=1S/C32H36N6O4/c1-23-19-27(34-15-17-35(18-16-34)28-21-36(22-28)26-7-5-25(33-41)6-8-26)9-12-30(23)37-14-13-31(39)38(32(37)40)20-24-3-10-29(42-2)11-4-24/h3-12,19,28H,13-18,20-22H2,1-2H3. The topological polar surface area (TPSA) is 89.0 Å². The summed E-state index contributed by atoms with van der Waals surface area (Å²) in [6.45, 7) is 8.53. The number of urea groups is 1. The van der Waals surface area contributed by atoms with E-state index in [2.05, 4.69) is 32.0 Å². The van der Waals surface area contributed by atoms with Crippen molar-refractivity contribution in [3.8, 4) is 5.75 Å². The van der Waals surface area contributed by atoms with Gasteiger partial charge in [0.25, 0.3) is 0 Å². The van der Waals surface area contributed by atoms with Crippen molar-refractivity contribution in [1.82, 2.24) is 9.80 Å². The second-order valence-corrected chi connectivity index (χ2v) is 11.2. The number of hydrogen-bond donors (Lipinski definition) is 0. The first kappa shape index (κ1) is 27.7. The van der Waals surface area contributed by atoms with Crippen LogP contribution >= 0.6 is 0 Å². The molecule has 0 unspecified atom stereocenters. The van der Waals surface area contributed by atoms with Gasteiger partial charge in [0.05, 0.1) is 13.7 Å². The lowest BCUT2D eigenvalue weighted by atomic mass is 10.0. The molecule has 3 fully saturated rings. The minimum Gasteiger partial charge on any atom is -0.497 e. The molecule has 3 amide bonds. The lowest BCUT2D eigenvalue weighted by Crippen LogP contribution is -2.63. The van der Waals surface area contributed by atoms with Gasteiger partial charge >= 0.3 is 6.03 Å². The molecule has 0 aliphatic carbocycles. The van der Waals surface area contributed by atoms with Crippen molar-refractivity contribution in [2.24, 2.45) is 5.18 Å². The fraction of sp³-hybridized carbons (Fsp3) is 0.375. The number of methoxy groups -OCH3 is 1. The van der Waals surface area contributed by atoms with E-state index in [1.165, 1.54) is 4.90 Å². The van der Waals surface area contributed by atoms with Crippen LogP contribution in [-0.2, 0) is 11.3 Å².